The molecule has 0 aliphatic carbocycles. The quantitative estimate of drug-likeness (QED) is 0.609. The molecular formula is C11H13N5O2. The van der Waals surface area contributed by atoms with Crippen LogP contribution in [0.15, 0.2) is 12.3 Å². The van der Waals surface area contributed by atoms with E-state index < -0.39 is 4.92 Å². The first kappa shape index (κ1) is 12.3. The summed E-state index contributed by atoms with van der Waals surface area (Å²) in [6.45, 7) is 4.12. The van der Waals surface area contributed by atoms with Gasteiger partial charge in [-0.25, -0.2) is 4.98 Å². The third-order valence-corrected chi connectivity index (χ3v) is 2.84. The van der Waals surface area contributed by atoms with Gasteiger partial charge in [0, 0.05) is 37.9 Å². The van der Waals surface area contributed by atoms with Crippen LogP contribution >= 0.6 is 0 Å². The van der Waals surface area contributed by atoms with Crippen molar-refractivity contribution in [3.05, 3.63) is 27.9 Å². The van der Waals surface area contributed by atoms with Crippen molar-refractivity contribution in [1.82, 2.24) is 10.3 Å². The molecule has 1 fully saturated rings. The minimum Gasteiger partial charge on any atom is -0.348 e. The van der Waals surface area contributed by atoms with E-state index in [2.05, 4.69) is 10.3 Å². The van der Waals surface area contributed by atoms with Gasteiger partial charge < -0.3 is 10.2 Å². The molecule has 1 aliphatic rings. The van der Waals surface area contributed by atoms with E-state index in [-0.39, 0.29) is 17.3 Å². The highest BCUT2D eigenvalue weighted by atomic mass is 16.6. The van der Waals surface area contributed by atoms with E-state index in [9.17, 15) is 10.1 Å². The first-order chi connectivity index (χ1) is 8.61. The van der Waals surface area contributed by atoms with Crippen molar-refractivity contribution < 1.29 is 4.92 Å². The van der Waals surface area contributed by atoms with Gasteiger partial charge in [-0.3, -0.25) is 10.1 Å². The monoisotopic (exact) mass is 247 g/mol. The Hall–Kier alpha value is -2.20. The fourth-order valence-corrected chi connectivity index (χ4v) is 2.01. The molecule has 7 heteroatoms. The number of piperazine rings is 1. The molecule has 1 atom stereocenters. The second kappa shape index (κ2) is 4.98. The van der Waals surface area contributed by atoms with Crippen molar-refractivity contribution in [2.75, 3.05) is 24.5 Å². The van der Waals surface area contributed by atoms with Crippen molar-refractivity contribution in [2.45, 2.75) is 13.0 Å². The molecule has 18 heavy (non-hydrogen) atoms. The molecule has 0 saturated carbocycles. The first-order valence-corrected chi connectivity index (χ1v) is 5.64. The standard InChI is InChI=1S/C11H13N5O2/c1-8-7-15(3-2-13-8)11-10(16(17)18)4-9(5-12)6-14-11/h4,6,8,13H,2-3,7H2,1H3/t8-/m0/s1. The first-order valence-electron chi connectivity index (χ1n) is 5.64. The van der Waals surface area contributed by atoms with Crippen LogP contribution in [0, 0.1) is 21.4 Å². The van der Waals surface area contributed by atoms with Crippen molar-refractivity contribution >= 4 is 11.5 Å². The van der Waals surface area contributed by atoms with Crippen LogP contribution in [0.25, 0.3) is 0 Å². The largest absolute Gasteiger partial charge is 0.348 e. The lowest BCUT2D eigenvalue weighted by atomic mass is 10.2. The highest BCUT2D eigenvalue weighted by Gasteiger charge is 2.25. The number of pyridine rings is 1. The van der Waals surface area contributed by atoms with E-state index in [0.717, 1.165) is 6.54 Å². The molecule has 0 radical (unpaired) electrons. The second-order valence-corrected chi connectivity index (χ2v) is 4.24. The molecule has 1 saturated heterocycles. The van der Waals surface area contributed by atoms with Gasteiger partial charge in [0.15, 0.2) is 0 Å². The van der Waals surface area contributed by atoms with Crippen molar-refractivity contribution in [2.24, 2.45) is 0 Å². The van der Waals surface area contributed by atoms with Crippen LogP contribution in [0.5, 0.6) is 0 Å². The molecule has 7 nitrogen and oxygen atoms in total. The molecule has 0 aromatic carbocycles. The number of rotatable bonds is 2. The van der Waals surface area contributed by atoms with Gasteiger partial charge in [0.25, 0.3) is 0 Å². The molecule has 1 aliphatic heterocycles. The topological polar surface area (TPSA) is 95.1 Å². The van der Waals surface area contributed by atoms with Crippen molar-refractivity contribution in [3.63, 3.8) is 0 Å². The lowest BCUT2D eigenvalue weighted by Gasteiger charge is -2.32. The van der Waals surface area contributed by atoms with E-state index in [1.165, 1.54) is 12.3 Å². The van der Waals surface area contributed by atoms with Gasteiger partial charge >= 0.3 is 5.69 Å². The molecule has 0 unspecified atom stereocenters. The zero-order valence-electron chi connectivity index (χ0n) is 9.96. The fraction of sp³-hybridized carbons (Fsp3) is 0.455. The van der Waals surface area contributed by atoms with E-state index >= 15 is 0 Å². The van der Waals surface area contributed by atoms with Gasteiger partial charge in [0.2, 0.25) is 5.82 Å². The summed E-state index contributed by atoms with van der Waals surface area (Å²) in [5, 5.41) is 23.0. The smallest absolute Gasteiger partial charge is 0.312 e. The van der Waals surface area contributed by atoms with Crippen LogP contribution in [0.1, 0.15) is 12.5 Å². The van der Waals surface area contributed by atoms with E-state index in [1.807, 2.05) is 17.9 Å². The van der Waals surface area contributed by atoms with Crippen molar-refractivity contribution in [1.29, 1.82) is 5.26 Å². The number of nitrogens with zero attached hydrogens (tertiary/aromatic N) is 4. The Morgan fingerprint density at radius 1 is 1.72 bits per heavy atom. The lowest BCUT2D eigenvalue weighted by molar-refractivity contribution is -0.384. The van der Waals surface area contributed by atoms with Crippen LogP contribution in [-0.2, 0) is 0 Å². The highest BCUT2D eigenvalue weighted by Crippen LogP contribution is 2.27. The van der Waals surface area contributed by atoms with Crippen LogP contribution < -0.4 is 10.2 Å². The molecule has 2 rings (SSSR count). The summed E-state index contributed by atoms with van der Waals surface area (Å²) in [6, 6.07) is 3.40. The number of hydrogen-bond acceptors (Lipinski definition) is 6. The average Bonchev–Trinajstić information content (AvgIpc) is 2.38. The predicted octanol–water partition coefficient (Wildman–Crippen LogP) is 0.660. The Labute approximate surface area is 104 Å². The maximum absolute atomic E-state index is 11.0. The Morgan fingerprint density at radius 3 is 3.11 bits per heavy atom. The molecule has 94 valence electrons. The van der Waals surface area contributed by atoms with Gasteiger partial charge in [-0.1, -0.05) is 0 Å². The summed E-state index contributed by atoms with van der Waals surface area (Å²) in [4.78, 5) is 16.5. The second-order valence-electron chi connectivity index (χ2n) is 4.24. The number of nitro groups is 1. The Balaban J connectivity index is 2.37. The molecule has 1 aromatic rings. The number of hydrogen-bond donors (Lipinski definition) is 1. The summed E-state index contributed by atoms with van der Waals surface area (Å²) in [5.74, 6) is 0.340. The normalized spacial score (nSPS) is 19.3. The zero-order chi connectivity index (χ0) is 13.1. The molecule has 2 heterocycles. The third kappa shape index (κ3) is 2.38. The summed E-state index contributed by atoms with van der Waals surface area (Å²) in [6.07, 6.45) is 1.37. The van der Waals surface area contributed by atoms with E-state index in [4.69, 9.17) is 5.26 Å². The summed E-state index contributed by atoms with van der Waals surface area (Å²) in [5.41, 5.74) is 0.0942. The van der Waals surface area contributed by atoms with Gasteiger partial charge in [-0.15, -0.1) is 0 Å². The predicted molar refractivity (Wildman–Crippen MR) is 65.3 cm³/mol. The van der Waals surface area contributed by atoms with Crippen molar-refractivity contribution in [3.8, 4) is 6.07 Å². The molecule has 0 amide bonds. The van der Waals surface area contributed by atoms with Gasteiger partial charge in [0.1, 0.15) is 6.07 Å². The summed E-state index contributed by atoms with van der Waals surface area (Å²) >= 11 is 0. The molecule has 1 N–H and O–H groups in total. The molecule has 0 bridgehead atoms. The van der Waals surface area contributed by atoms with Crippen LogP contribution in [0.4, 0.5) is 11.5 Å². The molecular weight excluding hydrogens is 234 g/mol. The SMILES string of the molecule is C[C@H]1CN(c2ncc(C#N)cc2[N+](=O)[O-])CCN1. The highest BCUT2D eigenvalue weighted by molar-refractivity contribution is 5.60. The number of nitrogens with one attached hydrogen (secondary N) is 1. The van der Waals surface area contributed by atoms with Gasteiger partial charge in [-0.05, 0) is 6.92 Å². The number of nitriles is 1. The Kier molecular flexibility index (Phi) is 3.39. The lowest BCUT2D eigenvalue weighted by Crippen LogP contribution is -2.49. The molecule has 1 aromatic heterocycles. The maximum atomic E-state index is 11.0. The average molecular weight is 247 g/mol. The van der Waals surface area contributed by atoms with E-state index in [1.54, 1.807) is 0 Å². The zero-order valence-corrected chi connectivity index (χ0v) is 9.96. The maximum Gasteiger partial charge on any atom is 0.312 e. The van der Waals surface area contributed by atoms with Crippen LogP contribution in [0.2, 0.25) is 0 Å². The number of anilines is 1. The summed E-state index contributed by atoms with van der Waals surface area (Å²) < 4.78 is 0. The number of aromatic nitrogens is 1. The minimum atomic E-state index is -0.490. The fourth-order valence-electron chi connectivity index (χ4n) is 2.01. The van der Waals surface area contributed by atoms with E-state index in [0.29, 0.717) is 18.9 Å². The minimum absolute atomic E-state index is 0.108. The third-order valence-electron chi connectivity index (χ3n) is 2.84. The van der Waals surface area contributed by atoms with Gasteiger partial charge in [-0.2, -0.15) is 5.26 Å². The van der Waals surface area contributed by atoms with Gasteiger partial charge in [0.05, 0.1) is 10.5 Å². The Morgan fingerprint density at radius 2 is 2.50 bits per heavy atom. The molecule has 0 spiro atoms. The summed E-state index contributed by atoms with van der Waals surface area (Å²) in [7, 11) is 0. The Bertz CT molecular complexity index is 511. The van der Waals surface area contributed by atoms with Crippen LogP contribution in [-0.4, -0.2) is 35.6 Å². The van der Waals surface area contributed by atoms with Crippen LogP contribution in [0.3, 0.4) is 0 Å².